The normalized spacial score (nSPS) is 11.3. The van der Waals surface area contributed by atoms with Crippen LogP contribution in [0.2, 0.25) is 5.02 Å². The van der Waals surface area contributed by atoms with Crippen LogP contribution in [0.4, 0.5) is 24.8 Å². The van der Waals surface area contributed by atoms with Crippen LogP contribution in [0.3, 0.4) is 0 Å². The highest BCUT2D eigenvalue weighted by Gasteiger charge is 2.19. The number of nitrogens with one attached hydrogen (secondary N) is 1. The average Bonchev–Trinajstić information content (AvgIpc) is 3.21. The molecule has 0 fully saturated rings. The quantitative estimate of drug-likeness (QED) is 0.339. The lowest BCUT2D eigenvalue weighted by Crippen LogP contribution is -2.43. The van der Waals surface area contributed by atoms with Gasteiger partial charge in [0.15, 0.2) is 11.6 Å². The third-order valence-electron chi connectivity index (χ3n) is 5.57. The Morgan fingerprint density at radius 2 is 1.76 bits per heavy atom. The Bertz CT molecular complexity index is 1770. The van der Waals surface area contributed by atoms with Crippen LogP contribution < -0.4 is 16.7 Å². The first kappa shape index (κ1) is 24.3. The van der Waals surface area contributed by atoms with Gasteiger partial charge in [-0.15, -0.1) is 0 Å². The zero-order chi connectivity index (χ0) is 26.3. The molecule has 188 valence electrons. The van der Waals surface area contributed by atoms with E-state index in [1.54, 1.807) is 48.3 Å². The summed E-state index contributed by atoms with van der Waals surface area (Å²) in [5.74, 6) is -4.02. The number of aryl methyl sites for hydroxylation is 1. The van der Waals surface area contributed by atoms with Crippen LogP contribution in [0.1, 0.15) is 11.3 Å². The lowest BCUT2D eigenvalue weighted by atomic mass is 10.2. The summed E-state index contributed by atoms with van der Waals surface area (Å²) in [5, 5.41) is 8.03. The topological polar surface area (TPSA) is 99.6 Å². The highest BCUT2D eigenvalue weighted by atomic mass is 35.5. The van der Waals surface area contributed by atoms with E-state index in [1.165, 1.54) is 6.20 Å². The Hall–Kier alpha value is -4.45. The predicted molar refractivity (Wildman–Crippen MR) is 131 cm³/mol. The lowest BCUT2D eigenvalue weighted by Gasteiger charge is -2.16. The largest absolute Gasteiger partial charge is 0.355 e. The molecule has 0 radical (unpaired) electrons. The lowest BCUT2D eigenvalue weighted by molar-refractivity contribution is 0.485. The van der Waals surface area contributed by atoms with E-state index in [-0.39, 0.29) is 28.8 Å². The third-order valence-corrected chi connectivity index (χ3v) is 5.88. The minimum Gasteiger partial charge on any atom is -0.324 e. The van der Waals surface area contributed by atoms with Crippen LogP contribution in [-0.2, 0) is 20.1 Å². The van der Waals surface area contributed by atoms with Crippen molar-refractivity contribution < 1.29 is 13.2 Å². The van der Waals surface area contributed by atoms with Gasteiger partial charge in [-0.3, -0.25) is 14.2 Å². The van der Waals surface area contributed by atoms with Crippen LogP contribution in [-0.4, -0.2) is 28.9 Å². The van der Waals surface area contributed by atoms with Crippen molar-refractivity contribution in [2.75, 3.05) is 5.32 Å². The molecule has 0 atom stereocenters. The first-order valence-corrected chi connectivity index (χ1v) is 11.2. The molecule has 0 spiro atoms. The molecule has 37 heavy (non-hydrogen) atoms. The van der Waals surface area contributed by atoms with Crippen molar-refractivity contribution >= 4 is 34.1 Å². The molecule has 0 aliphatic rings. The molecular weight excluding hydrogens is 511 g/mol. The minimum absolute atomic E-state index is 0.212. The van der Waals surface area contributed by atoms with E-state index in [0.717, 1.165) is 9.13 Å². The Morgan fingerprint density at radius 1 is 0.973 bits per heavy atom. The molecule has 0 saturated heterocycles. The molecule has 2 aromatic carbocycles. The van der Waals surface area contributed by atoms with E-state index < -0.39 is 35.4 Å². The minimum atomic E-state index is -1.37. The van der Waals surface area contributed by atoms with Crippen LogP contribution in [0.5, 0.6) is 0 Å². The molecule has 3 heterocycles. The van der Waals surface area contributed by atoms with Gasteiger partial charge in [-0.25, -0.2) is 27.3 Å². The number of rotatable bonds is 6. The molecule has 0 aliphatic carbocycles. The highest BCUT2D eigenvalue weighted by Crippen LogP contribution is 2.29. The molecule has 0 aliphatic heterocycles. The van der Waals surface area contributed by atoms with E-state index in [9.17, 15) is 22.8 Å². The zero-order valence-electron chi connectivity index (χ0n) is 19.1. The molecule has 5 rings (SSSR count). The van der Waals surface area contributed by atoms with Crippen molar-refractivity contribution in [2.45, 2.75) is 13.1 Å². The summed E-state index contributed by atoms with van der Waals surface area (Å²) in [6.07, 6.45) is 3.23. The molecule has 3 aromatic heterocycles. The van der Waals surface area contributed by atoms with Crippen molar-refractivity contribution in [1.82, 2.24) is 28.9 Å². The van der Waals surface area contributed by atoms with Gasteiger partial charge >= 0.3 is 11.4 Å². The number of fused-ring (bicyclic) bond motifs is 1. The first-order chi connectivity index (χ1) is 17.7. The van der Waals surface area contributed by atoms with E-state index >= 15 is 0 Å². The van der Waals surface area contributed by atoms with Crippen molar-refractivity contribution in [3.63, 3.8) is 0 Å². The zero-order valence-corrected chi connectivity index (χ0v) is 19.9. The monoisotopic (exact) mass is 527 g/mol. The van der Waals surface area contributed by atoms with Gasteiger partial charge in [-0.05, 0) is 30.3 Å². The van der Waals surface area contributed by atoms with Gasteiger partial charge in [0.2, 0.25) is 5.95 Å². The predicted octanol–water partition coefficient (Wildman–Crippen LogP) is 3.60. The third kappa shape index (κ3) is 4.83. The molecule has 0 saturated carbocycles. The molecule has 9 nitrogen and oxygen atoms in total. The van der Waals surface area contributed by atoms with E-state index in [2.05, 4.69) is 20.4 Å². The summed E-state index contributed by atoms with van der Waals surface area (Å²) in [5.41, 5.74) is -0.814. The number of pyridine rings is 1. The van der Waals surface area contributed by atoms with Gasteiger partial charge in [0.25, 0.3) is 0 Å². The molecule has 0 bridgehead atoms. The summed E-state index contributed by atoms with van der Waals surface area (Å²) in [6, 6.07) is 9.21. The Labute approximate surface area is 211 Å². The highest BCUT2D eigenvalue weighted by molar-refractivity contribution is 6.34. The summed E-state index contributed by atoms with van der Waals surface area (Å²) in [7, 11) is 1.73. The fraction of sp³-hybridized carbons (Fsp3) is 0.125. The maximum atomic E-state index is 14.5. The Kier molecular flexibility index (Phi) is 6.25. The van der Waals surface area contributed by atoms with Crippen molar-refractivity contribution in [3.8, 4) is 0 Å². The van der Waals surface area contributed by atoms with Crippen LogP contribution in [0.25, 0.3) is 10.9 Å². The fourth-order valence-corrected chi connectivity index (χ4v) is 4.00. The molecule has 0 amide bonds. The van der Waals surface area contributed by atoms with Gasteiger partial charge in [0, 0.05) is 36.5 Å². The standard InChI is InChI=1S/C24H17ClF3N7O2/c1-33-10-14-7-21(16(25)8-20(14)32-33)30-22-31-23(36)35(12-15-4-2-3-5-29-15)24(37)34(22)11-13-6-18(27)19(28)9-17(13)26/h2-10H,11-12H2,1H3,(H,30,31,36). The van der Waals surface area contributed by atoms with Crippen LogP contribution >= 0.6 is 11.6 Å². The van der Waals surface area contributed by atoms with Gasteiger partial charge in [0.05, 0.1) is 35.0 Å². The molecular formula is C24H17ClF3N7O2. The fourth-order valence-electron chi connectivity index (χ4n) is 3.80. The SMILES string of the molecule is Cn1cc2cc(Nc3nc(=O)n(Cc4ccccn4)c(=O)n3Cc3cc(F)c(F)cc3F)c(Cl)cc2n1. The number of benzene rings is 2. The summed E-state index contributed by atoms with van der Waals surface area (Å²) in [4.78, 5) is 34.4. The molecule has 5 aromatic rings. The summed E-state index contributed by atoms with van der Waals surface area (Å²) >= 11 is 6.39. The second kappa shape index (κ2) is 9.54. The molecule has 0 unspecified atom stereocenters. The van der Waals surface area contributed by atoms with Gasteiger partial charge in [0.1, 0.15) is 5.82 Å². The van der Waals surface area contributed by atoms with Crippen molar-refractivity contribution in [2.24, 2.45) is 7.05 Å². The Morgan fingerprint density at radius 3 is 2.51 bits per heavy atom. The summed E-state index contributed by atoms with van der Waals surface area (Å²) in [6.45, 7) is -0.777. The first-order valence-electron chi connectivity index (χ1n) is 10.8. The second-order valence-corrected chi connectivity index (χ2v) is 8.58. The molecule has 13 heteroatoms. The van der Waals surface area contributed by atoms with Gasteiger partial charge < -0.3 is 5.32 Å². The van der Waals surface area contributed by atoms with Gasteiger partial charge in [-0.1, -0.05) is 17.7 Å². The number of nitrogens with zero attached hydrogens (tertiary/aromatic N) is 6. The van der Waals surface area contributed by atoms with E-state index in [1.807, 2.05) is 0 Å². The average molecular weight is 528 g/mol. The maximum absolute atomic E-state index is 14.5. The van der Waals surface area contributed by atoms with Crippen LogP contribution in [0.15, 0.2) is 64.4 Å². The Balaban J connectivity index is 1.65. The molecule has 1 N–H and O–H groups in total. The van der Waals surface area contributed by atoms with Gasteiger partial charge in [-0.2, -0.15) is 10.1 Å². The van der Waals surface area contributed by atoms with E-state index in [4.69, 9.17) is 11.6 Å². The summed E-state index contributed by atoms with van der Waals surface area (Å²) < 4.78 is 45.2. The number of aromatic nitrogens is 6. The smallest absolute Gasteiger partial charge is 0.324 e. The number of halogens is 4. The van der Waals surface area contributed by atoms with E-state index in [0.29, 0.717) is 28.7 Å². The van der Waals surface area contributed by atoms with Crippen molar-refractivity contribution in [3.05, 3.63) is 110 Å². The number of hydrogen-bond donors (Lipinski definition) is 1. The number of anilines is 2. The second-order valence-electron chi connectivity index (χ2n) is 8.17. The maximum Gasteiger partial charge on any atom is 0.355 e. The van der Waals surface area contributed by atoms with Crippen molar-refractivity contribution in [1.29, 1.82) is 0 Å². The number of hydrogen-bond acceptors (Lipinski definition) is 6. The van der Waals surface area contributed by atoms with Crippen LogP contribution in [0, 0.1) is 17.5 Å².